The topological polar surface area (TPSA) is 42.0 Å². The molecule has 0 radical (unpaired) electrons. The van der Waals surface area contributed by atoms with Crippen LogP contribution >= 0.6 is 0 Å². The molecule has 1 unspecified atom stereocenters. The van der Waals surface area contributed by atoms with E-state index in [0.29, 0.717) is 19.1 Å². The molecule has 1 amide bonds. The van der Waals surface area contributed by atoms with Gasteiger partial charge in [-0.15, -0.1) is 0 Å². The van der Waals surface area contributed by atoms with Gasteiger partial charge in [0, 0.05) is 24.9 Å². The first-order valence-electron chi connectivity index (χ1n) is 10.5. The number of rotatable bonds is 12. The van der Waals surface area contributed by atoms with Crippen LogP contribution in [0.3, 0.4) is 0 Å². The molecule has 0 aromatic carbocycles. The van der Waals surface area contributed by atoms with Crippen LogP contribution in [-0.2, 0) is 14.3 Å². The summed E-state index contributed by atoms with van der Waals surface area (Å²) in [5.41, 5.74) is 0. The van der Waals surface area contributed by atoms with Gasteiger partial charge in [-0.3, -0.25) is 4.79 Å². The van der Waals surface area contributed by atoms with E-state index in [1.807, 2.05) is 13.8 Å². The van der Waals surface area contributed by atoms with Crippen molar-refractivity contribution >= 4 is 5.91 Å². The molecular weight excluding hydrogens is 328 g/mol. The van der Waals surface area contributed by atoms with Crippen molar-refractivity contribution < 1.29 is 14.3 Å². The van der Waals surface area contributed by atoms with Gasteiger partial charge in [-0.2, -0.15) is 0 Å². The van der Waals surface area contributed by atoms with Crippen molar-refractivity contribution in [2.24, 2.45) is 11.8 Å². The van der Waals surface area contributed by atoms with Crippen molar-refractivity contribution in [3.8, 4) is 0 Å². The molecule has 154 valence electrons. The number of carbonyl (C=O) groups is 1. The van der Waals surface area contributed by atoms with Crippen LogP contribution in [0.4, 0.5) is 0 Å². The Kier molecular flexibility index (Phi) is 10.7. The molecule has 1 saturated heterocycles. The fourth-order valence-corrected chi connectivity index (χ4v) is 3.41. The molecule has 0 N–H and O–H groups in total. The van der Waals surface area contributed by atoms with Gasteiger partial charge in [-0.1, -0.05) is 33.1 Å². The lowest BCUT2D eigenvalue weighted by Crippen LogP contribution is -2.47. The van der Waals surface area contributed by atoms with E-state index in [-0.39, 0.29) is 11.8 Å². The minimum atomic E-state index is -0.498. The van der Waals surface area contributed by atoms with Gasteiger partial charge in [0.25, 0.3) is 0 Å². The molecule has 0 saturated carbocycles. The second kappa shape index (κ2) is 11.9. The van der Waals surface area contributed by atoms with Gasteiger partial charge in [-0.05, 0) is 53.8 Å². The molecule has 1 aliphatic heterocycles. The van der Waals surface area contributed by atoms with Crippen molar-refractivity contribution in [1.29, 1.82) is 0 Å². The number of amides is 1. The molecule has 0 aliphatic carbocycles. The number of carbonyl (C=O) groups excluding carboxylic acids is 1. The maximum absolute atomic E-state index is 13.2. The van der Waals surface area contributed by atoms with Crippen LogP contribution in [0.25, 0.3) is 0 Å². The predicted molar refractivity (Wildman–Crippen MR) is 107 cm³/mol. The minimum absolute atomic E-state index is 0.155. The van der Waals surface area contributed by atoms with Crippen LogP contribution in [0.15, 0.2) is 0 Å². The fraction of sp³-hybridized carbons (Fsp3) is 0.952. The number of hydrogen-bond donors (Lipinski definition) is 0. The molecule has 5 heteroatoms. The third kappa shape index (κ3) is 8.83. The van der Waals surface area contributed by atoms with Crippen molar-refractivity contribution in [3.63, 3.8) is 0 Å². The zero-order valence-corrected chi connectivity index (χ0v) is 18.1. The van der Waals surface area contributed by atoms with Crippen LogP contribution in [0.1, 0.15) is 66.2 Å². The number of hydrogen-bond acceptors (Lipinski definition) is 4. The minimum Gasteiger partial charge on any atom is -0.350 e. The van der Waals surface area contributed by atoms with E-state index in [0.717, 1.165) is 45.3 Å². The summed E-state index contributed by atoms with van der Waals surface area (Å²) in [6.07, 6.45) is 6.50. The summed E-state index contributed by atoms with van der Waals surface area (Å²) in [4.78, 5) is 17.4. The SMILES string of the molecule is CCCCCC(CC)C(=O)N(CCCN(C)C)CC1COC(C)(C)OC1. The first-order chi connectivity index (χ1) is 12.3. The van der Waals surface area contributed by atoms with Crippen LogP contribution in [0.2, 0.25) is 0 Å². The molecule has 0 bridgehead atoms. The monoisotopic (exact) mass is 370 g/mol. The first kappa shape index (κ1) is 23.4. The number of nitrogens with zero attached hydrogens (tertiary/aromatic N) is 2. The maximum Gasteiger partial charge on any atom is 0.225 e. The Balaban J connectivity index is 2.65. The zero-order chi connectivity index (χ0) is 19.6. The molecular formula is C21H42N2O3. The Morgan fingerprint density at radius 2 is 1.73 bits per heavy atom. The fourth-order valence-electron chi connectivity index (χ4n) is 3.41. The number of ether oxygens (including phenoxy) is 2. The van der Waals surface area contributed by atoms with Crippen LogP contribution < -0.4 is 0 Å². The maximum atomic E-state index is 13.2. The first-order valence-corrected chi connectivity index (χ1v) is 10.5. The summed E-state index contributed by atoms with van der Waals surface area (Å²) in [6, 6.07) is 0. The predicted octanol–water partition coefficient (Wildman–Crippen LogP) is 3.77. The zero-order valence-electron chi connectivity index (χ0n) is 18.1. The second-order valence-corrected chi connectivity index (χ2v) is 8.43. The highest BCUT2D eigenvalue weighted by Gasteiger charge is 2.31. The average molecular weight is 371 g/mol. The standard InChI is InChI=1S/C21H42N2O3/c1-7-9-10-12-19(8-2)20(24)23(14-11-13-22(5)6)15-18-16-25-21(3,4)26-17-18/h18-19H,7-17H2,1-6H3. The molecule has 0 spiro atoms. The summed E-state index contributed by atoms with van der Waals surface area (Å²) in [5.74, 6) is 0.247. The van der Waals surface area contributed by atoms with Gasteiger partial charge in [0.1, 0.15) is 0 Å². The molecule has 1 rings (SSSR count). The molecule has 0 aromatic rings. The average Bonchev–Trinajstić information content (AvgIpc) is 2.58. The summed E-state index contributed by atoms with van der Waals surface area (Å²) >= 11 is 0. The van der Waals surface area contributed by atoms with E-state index in [9.17, 15) is 4.79 Å². The smallest absolute Gasteiger partial charge is 0.225 e. The molecule has 1 heterocycles. The van der Waals surface area contributed by atoms with Gasteiger partial charge in [0.2, 0.25) is 5.91 Å². The Morgan fingerprint density at radius 1 is 1.08 bits per heavy atom. The highest BCUT2D eigenvalue weighted by Crippen LogP contribution is 2.23. The van der Waals surface area contributed by atoms with Crippen molar-refractivity contribution in [1.82, 2.24) is 9.80 Å². The van der Waals surface area contributed by atoms with Crippen LogP contribution in [-0.4, -0.2) is 68.4 Å². The normalized spacial score (nSPS) is 18.9. The van der Waals surface area contributed by atoms with Gasteiger partial charge < -0.3 is 19.3 Å². The summed E-state index contributed by atoms with van der Waals surface area (Å²) < 4.78 is 11.6. The summed E-state index contributed by atoms with van der Waals surface area (Å²) in [7, 11) is 4.16. The molecule has 0 aromatic heterocycles. The lowest BCUT2D eigenvalue weighted by Gasteiger charge is -2.38. The van der Waals surface area contributed by atoms with E-state index in [1.165, 1.54) is 12.8 Å². The van der Waals surface area contributed by atoms with E-state index in [2.05, 4.69) is 37.7 Å². The highest BCUT2D eigenvalue weighted by molar-refractivity contribution is 5.78. The lowest BCUT2D eigenvalue weighted by molar-refractivity contribution is -0.263. The van der Waals surface area contributed by atoms with Crippen molar-refractivity contribution in [2.45, 2.75) is 72.0 Å². The van der Waals surface area contributed by atoms with Crippen molar-refractivity contribution in [3.05, 3.63) is 0 Å². The molecule has 26 heavy (non-hydrogen) atoms. The van der Waals surface area contributed by atoms with Crippen molar-refractivity contribution in [2.75, 3.05) is 46.9 Å². The molecule has 5 nitrogen and oxygen atoms in total. The largest absolute Gasteiger partial charge is 0.350 e. The van der Waals surface area contributed by atoms with Crippen LogP contribution in [0, 0.1) is 11.8 Å². The van der Waals surface area contributed by atoms with E-state index < -0.39 is 5.79 Å². The van der Waals surface area contributed by atoms with E-state index in [4.69, 9.17) is 9.47 Å². The Bertz CT molecular complexity index is 389. The second-order valence-electron chi connectivity index (χ2n) is 8.43. The summed E-state index contributed by atoms with van der Waals surface area (Å²) in [5, 5.41) is 0. The van der Waals surface area contributed by atoms with Gasteiger partial charge in [0.05, 0.1) is 13.2 Å². The van der Waals surface area contributed by atoms with Gasteiger partial charge >= 0.3 is 0 Å². The number of unbranched alkanes of at least 4 members (excludes halogenated alkanes) is 2. The Morgan fingerprint density at radius 3 is 2.27 bits per heavy atom. The quantitative estimate of drug-likeness (QED) is 0.490. The third-order valence-corrected chi connectivity index (χ3v) is 5.16. The third-order valence-electron chi connectivity index (χ3n) is 5.16. The van der Waals surface area contributed by atoms with Gasteiger partial charge in [-0.25, -0.2) is 0 Å². The molecule has 1 fully saturated rings. The van der Waals surface area contributed by atoms with E-state index >= 15 is 0 Å². The van der Waals surface area contributed by atoms with E-state index in [1.54, 1.807) is 0 Å². The highest BCUT2D eigenvalue weighted by atomic mass is 16.7. The van der Waals surface area contributed by atoms with Gasteiger partial charge in [0.15, 0.2) is 5.79 Å². The lowest BCUT2D eigenvalue weighted by atomic mass is 9.96. The Hall–Kier alpha value is -0.650. The molecule has 1 atom stereocenters. The molecule has 1 aliphatic rings. The summed E-state index contributed by atoms with van der Waals surface area (Å²) in [6.45, 7) is 12.1. The van der Waals surface area contributed by atoms with Crippen LogP contribution in [0.5, 0.6) is 0 Å². The Labute approximate surface area is 161 Å².